The summed E-state index contributed by atoms with van der Waals surface area (Å²) in [6.45, 7) is 0.762. The highest BCUT2D eigenvalue weighted by atomic mass is 35.5. The zero-order chi connectivity index (χ0) is 22.8. The van der Waals surface area contributed by atoms with Crippen LogP contribution in [0.2, 0.25) is 10.0 Å². The molecule has 0 aliphatic rings. The molecule has 9 nitrogen and oxygen atoms in total. The number of hydrazine groups is 1. The fourth-order valence-corrected chi connectivity index (χ4v) is 2.75. The molecule has 2 rings (SSSR count). The monoisotopic (exact) mass is 466 g/mol. The molecule has 0 fully saturated rings. The van der Waals surface area contributed by atoms with Crippen molar-refractivity contribution in [1.29, 1.82) is 0 Å². The van der Waals surface area contributed by atoms with Crippen molar-refractivity contribution in [3.8, 4) is 5.75 Å². The van der Waals surface area contributed by atoms with E-state index in [0.29, 0.717) is 10.8 Å². The Morgan fingerprint density at radius 2 is 1.55 bits per heavy atom. The summed E-state index contributed by atoms with van der Waals surface area (Å²) in [5.74, 6) is -1.86. The number of carbonyl (C=O) groups excluding carboxylic acids is 4. The Bertz CT molecular complexity index is 984. The Hall–Kier alpha value is -3.30. The van der Waals surface area contributed by atoms with Gasteiger partial charge in [-0.3, -0.25) is 30.0 Å². The highest BCUT2D eigenvalue weighted by Gasteiger charge is 2.13. The molecule has 0 spiro atoms. The van der Waals surface area contributed by atoms with E-state index in [1.165, 1.54) is 18.2 Å². The lowest BCUT2D eigenvalue weighted by Crippen LogP contribution is -2.48. The summed E-state index contributed by atoms with van der Waals surface area (Å²) in [6, 6.07) is 11.5. The van der Waals surface area contributed by atoms with E-state index in [4.69, 9.17) is 27.9 Å². The molecule has 0 saturated carbocycles. The summed E-state index contributed by atoms with van der Waals surface area (Å²) in [5.41, 5.74) is 5.34. The molecule has 2 aromatic rings. The summed E-state index contributed by atoms with van der Waals surface area (Å²) < 4.78 is 5.34. The third kappa shape index (κ3) is 8.15. The van der Waals surface area contributed by atoms with Gasteiger partial charge in [-0.15, -0.1) is 0 Å². The predicted molar refractivity (Wildman–Crippen MR) is 115 cm³/mol. The topological polar surface area (TPSA) is 126 Å². The fourth-order valence-electron chi connectivity index (χ4n) is 2.25. The Morgan fingerprint density at radius 1 is 0.871 bits per heavy atom. The summed E-state index contributed by atoms with van der Waals surface area (Å²) in [7, 11) is 0. The third-order valence-corrected chi connectivity index (χ3v) is 4.37. The van der Waals surface area contributed by atoms with E-state index in [-0.39, 0.29) is 23.7 Å². The number of hydrogen-bond donors (Lipinski definition) is 4. The van der Waals surface area contributed by atoms with Gasteiger partial charge in [0.15, 0.2) is 6.61 Å². The zero-order valence-electron chi connectivity index (χ0n) is 16.5. The highest BCUT2D eigenvalue weighted by molar-refractivity contribution is 6.36. The lowest BCUT2D eigenvalue weighted by Gasteiger charge is -2.11. The molecule has 0 bridgehead atoms. The zero-order valence-corrected chi connectivity index (χ0v) is 18.0. The molecule has 11 heteroatoms. The van der Waals surface area contributed by atoms with Gasteiger partial charge in [0.05, 0.1) is 23.7 Å². The molecule has 0 atom stereocenters. The minimum absolute atomic E-state index is 0.145. The van der Waals surface area contributed by atoms with E-state index in [9.17, 15) is 19.2 Å². The molecular formula is C20H20Cl2N4O5. The standard InChI is InChI=1S/C20H20Cl2N4O5/c1-12-4-2-3-5-16(12)31-11-19(29)26-25-18(28)10-23-17(27)9-24-20(30)14-7-6-13(21)8-15(14)22/h2-8H,9-11H2,1H3,(H,23,27)(H,24,30)(H,25,28)(H,26,29). The van der Waals surface area contributed by atoms with Crippen molar-refractivity contribution >= 4 is 46.8 Å². The van der Waals surface area contributed by atoms with Gasteiger partial charge in [-0.25, -0.2) is 0 Å². The minimum Gasteiger partial charge on any atom is -0.483 e. The summed E-state index contributed by atoms with van der Waals surface area (Å²) >= 11 is 11.7. The number of benzene rings is 2. The summed E-state index contributed by atoms with van der Waals surface area (Å²) in [5, 5.41) is 5.19. The van der Waals surface area contributed by atoms with Crippen LogP contribution in [0.25, 0.3) is 0 Å². The number of para-hydroxylation sites is 1. The number of aryl methyl sites for hydroxylation is 1. The fraction of sp³-hybridized carbons (Fsp3) is 0.200. The van der Waals surface area contributed by atoms with E-state index in [0.717, 1.165) is 5.56 Å². The van der Waals surface area contributed by atoms with E-state index < -0.39 is 30.2 Å². The quantitative estimate of drug-likeness (QED) is 0.437. The molecule has 2 aromatic carbocycles. The number of ether oxygens (including phenoxy) is 1. The largest absolute Gasteiger partial charge is 0.483 e. The second-order valence-electron chi connectivity index (χ2n) is 6.23. The van der Waals surface area contributed by atoms with Crippen molar-refractivity contribution in [1.82, 2.24) is 21.5 Å². The van der Waals surface area contributed by atoms with Crippen LogP contribution < -0.4 is 26.2 Å². The highest BCUT2D eigenvalue weighted by Crippen LogP contribution is 2.20. The van der Waals surface area contributed by atoms with Crippen molar-refractivity contribution in [2.24, 2.45) is 0 Å². The van der Waals surface area contributed by atoms with Crippen molar-refractivity contribution in [2.75, 3.05) is 19.7 Å². The number of rotatable bonds is 8. The van der Waals surface area contributed by atoms with Crippen LogP contribution in [0.1, 0.15) is 15.9 Å². The Morgan fingerprint density at radius 3 is 2.26 bits per heavy atom. The van der Waals surface area contributed by atoms with Crippen LogP contribution in [0, 0.1) is 6.92 Å². The smallest absolute Gasteiger partial charge is 0.276 e. The Kier molecular flexibility index (Phi) is 9.11. The van der Waals surface area contributed by atoms with Gasteiger partial charge in [-0.1, -0.05) is 41.4 Å². The number of amides is 4. The van der Waals surface area contributed by atoms with Gasteiger partial charge in [0, 0.05) is 5.02 Å². The van der Waals surface area contributed by atoms with Crippen molar-refractivity contribution in [2.45, 2.75) is 6.92 Å². The van der Waals surface area contributed by atoms with Gasteiger partial charge in [0.25, 0.3) is 17.7 Å². The van der Waals surface area contributed by atoms with Crippen LogP contribution in [-0.2, 0) is 14.4 Å². The first-order valence-corrected chi connectivity index (χ1v) is 9.78. The first kappa shape index (κ1) is 24.0. The van der Waals surface area contributed by atoms with Gasteiger partial charge in [0.1, 0.15) is 5.75 Å². The van der Waals surface area contributed by atoms with E-state index in [1.54, 1.807) is 12.1 Å². The van der Waals surface area contributed by atoms with Gasteiger partial charge < -0.3 is 15.4 Å². The van der Waals surface area contributed by atoms with Crippen LogP contribution in [0.3, 0.4) is 0 Å². The molecule has 164 valence electrons. The Balaban J connectivity index is 1.64. The van der Waals surface area contributed by atoms with Gasteiger partial charge in [-0.05, 0) is 36.8 Å². The lowest BCUT2D eigenvalue weighted by molar-refractivity contribution is -0.130. The minimum atomic E-state index is -0.662. The van der Waals surface area contributed by atoms with Gasteiger partial charge >= 0.3 is 0 Å². The maximum atomic E-state index is 12.0. The van der Waals surface area contributed by atoms with Crippen LogP contribution in [0.5, 0.6) is 5.75 Å². The van der Waals surface area contributed by atoms with Gasteiger partial charge in [0.2, 0.25) is 5.91 Å². The molecule has 31 heavy (non-hydrogen) atoms. The predicted octanol–water partition coefficient (Wildman–Crippen LogP) is 1.37. The third-order valence-electron chi connectivity index (χ3n) is 3.83. The maximum absolute atomic E-state index is 12.0. The molecule has 0 radical (unpaired) electrons. The summed E-state index contributed by atoms with van der Waals surface area (Å²) in [6.07, 6.45) is 0. The van der Waals surface area contributed by atoms with Gasteiger partial charge in [-0.2, -0.15) is 0 Å². The molecule has 0 aliphatic carbocycles. The van der Waals surface area contributed by atoms with E-state index in [2.05, 4.69) is 21.5 Å². The lowest BCUT2D eigenvalue weighted by atomic mass is 10.2. The molecular weight excluding hydrogens is 447 g/mol. The molecule has 0 aromatic heterocycles. The van der Waals surface area contributed by atoms with Crippen LogP contribution >= 0.6 is 23.2 Å². The number of carbonyl (C=O) groups is 4. The molecule has 0 unspecified atom stereocenters. The average molecular weight is 467 g/mol. The van der Waals surface area contributed by atoms with Crippen molar-refractivity contribution in [3.05, 3.63) is 63.6 Å². The first-order valence-electron chi connectivity index (χ1n) is 9.02. The molecule has 0 aliphatic heterocycles. The number of halogens is 2. The molecule has 0 heterocycles. The van der Waals surface area contributed by atoms with E-state index >= 15 is 0 Å². The van der Waals surface area contributed by atoms with Crippen LogP contribution in [-0.4, -0.2) is 43.3 Å². The number of nitrogens with one attached hydrogen (secondary N) is 4. The molecule has 4 N–H and O–H groups in total. The second-order valence-corrected chi connectivity index (χ2v) is 7.08. The second kappa shape index (κ2) is 11.8. The summed E-state index contributed by atoms with van der Waals surface area (Å²) in [4.78, 5) is 47.3. The maximum Gasteiger partial charge on any atom is 0.276 e. The first-order chi connectivity index (χ1) is 14.8. The van der Waals surface area contributed by atoms with E-state index in [1.807, 2.05) is 19.1 Å². The van der Waals surface area contributed by atoms with Crippen LogP contribution in [0.15, 0.2) is 42.5 Å². The molecule has 0 saturated heterocycles. The van der Waals surface area contributed by atoms with Crippen molar-refractivity contribution < 1.29 is 23.9 Å². The van der Waals surface area contributed by atoms with Crippen molar-refractivity contribution in [3.63, 3.8) is 0 Å². The average Bonchev–Trinajstić information content (AvgIpc) is 2.74. The molecule has 4 amide bonds. The normalized spacial score (nSPS) is 10.0. The number of hydrogen-bond acceptors (Lipinski definition) is 5. The van der Waals surface area contributed by atoms with Crippen LogP contribution in [0.4, 0.5) is 0 Å². The SMILES string of the molecule is Cc1ccccc1OCC(=O)NNC(=O)CNC(=O)CNC(=O)c1ccc(Cl)cc1Cl. The Labute approximate surface area is 188 Å².